The van der Waals surface area contributed by atoms with Crippen molar-refractivity contribution < 1.29 is 19.1 Å². The van der Waals surface area contributed by atoms with Crippen LogP contribution in [0.25, 0.3) is 17.0 Å². The number of hydrogen-bond donors (Lipinski definition) is 0. The van der Waals surface area contributed by atoms with Crippen molar-refractivity contribution in [2.75, 3.05) is 26.9 Å². The fraction of sp³-hybridized carbons (Fsp3) is 0.240. The largest absolute Gasteiger partial charge is 0.465 e. The number of thioether (sulfide) groups is 1. The third-order valence-corrected chi connectivity index (χ3v) is 6.11. The molecular formula is C25H25N3O4S. The summed E-state index contributed by atoms with van der Waals surface area (Å²) in [4.78, 5) is 32.2. The van der Waals surface area contributed by atoms with Gasteiger partial charge < -0.3 is 14.0 Å². The number of ether oxygens (including phenoxy) is 2. The van der Waals surface area contributed by atoms with Crippen molar-refractivity contribution in [2.45, 2.75) is 13.5 Å². The summed E-state index contributed by atoms with van der Waals surface area (Å²) in [6, 6.07) is 17.3. The van der Waals surface area contributed by atoms with E-state index in [1.165, 1.54) is 11.8 Å². The molecule has 1 aliphatic rings. The minimum absolute atomic E-state index is 0.110. The van der Waals surface area contributed by atoms with Gasteiger partial charge in [-0.25, -0.2) is 4.99 Å². The van der Waals surface area contributed by atoms with Gasteiger partial charge in [0.05, 0.1) is 30.4 Å². The molecule has 1 amide bonds. The SMILES string of the molecule is CCOC(=O)Cn1cc(/C=C2\SC(=Nc3ccccc3)N(CCOC)C2=O)c2ccccc21. The summed E-state index contributed by atoms with van der Waals surface area (Å²) >= 11 is 1.34. The molecule has 0 N–H and O–H groups in total. The highest BCUT2D eigenvalue weighted by molar-refractivity contribution is 8.18. The first kappa shape index (κ1) is 22.8. The highest BCUT2D eigenvalue weighted by atomic mass is 32.2. The minimum atomic E-state index is -0.299. The highest BCUT2D eigenvalue weighted by Gasteiger charge is 2.33. The maximum atomic E-state index is 13.2. The standard InChI is InChI=1S/C25H25N3O4S/c1-3-32-23(29)17-27-16-18(20-11-7-8-12-21(20)27)15-22-24(30)28(13-14-31-2)25(33-22)26-19-9-5-4-6-10-19/h4-12,15-16H,3,13-14,17H2,1-2H3/b22-15-,26-25?. The molecule has 4 rings (SSSR count). The molecule has 33 heavy (non-hydrogen) atoms. The van der Waals surface area contributed by atoms with Crippen molar-refractivity contribution in [3.05, 3.63) is 71.3 Å². The number of aromatic nitrogens is 1. The average molecular weight is 464 g/mol. The Morgan fingerprint density at radius 1 is 1.12 bits per heavy atom. The van der Waals surface area contributed by atoms with Gasteiger partial charge in [-0.2, -0.15) is 0 Å². The number of nitrogens with zero attached hydrogens (tertiary/aromatic N) is 3. The molecule has 1 aliphatic heterocycles. The van der Waals surface area contributed by atoms with Crippen LogP contribution < -0.4 is 0 Å². The number of carbonyl (C=O) groups is 2. The first-order chi connectivity index (χ1) is 16.1. The normalized spacial score (nSPS) is 16.3. The first-order valence-corrected chi connectivity index (χ1v) is 11.5. The lowest BCUT2D eigenvalue weighted by Gasteiger charge is -2.14. The Morgan fingerprint density at radius 3 is 2.64 bits per heavy atom. The second-order valence-electron chi connectivity index (χ2n) is 7.32. The van der Waals surface area contributed by atoms with Gasteiger partial charge in [0.15, 0.2) is 5.17 Å². The van der Waals surface area contributed by atoms with E-state index in [2.05, 4.69) is 4.99 Å². The van der Waals surface area contributed by atoms with Crippen LogP contribution in [0.1, 0.15) is 12.5 Å². The van der Waals surface area contributed by atoms with Gasteiger partial charge >= 0.3 is 5.97 Å². The predicted molar refractivity (Wildman–Crippen MR) is 131 cm³/mol. The minimum Gasteiger partial charge on any atom is -0.465 e. The molecule has 0 spiro atoms. The Bertz CT molecular complexity index is 1220. The summed E-state index contributed by atoms with van der Waals surface area (Å²) in [5.41, 5.74) is 2.54. The van der Waals surface area contributed by atoms with Crippen LogP contribution in [0, 0.1) is 0 Å². The first-order valence-electron chi connectivity index (χ1n) is 10.7. The molecule has 1 saturated heterocycles. The Balaban J connectivity index is 1.70. The van der Waals surface area contributed by atoms with Gasteiger partial charge in [0.25, 0.3) is 5.91 Å². The van der Waals surface area contributed by atoms with E-state index in [4.69, 9.17) is 9.47 Å². The van der Waals surface area contributed by atoms with E-state index < -0.39 is 0 Å². The fourth-order valence-electron chi connectivity index (χ4n) is 3.59. The molecule has 0 saturated carbocycles. The monoisotopic (exact) mass is 463 g/mol. The third kappa shape index (κ3) is 5.18. The number of amidine groups is 1. The highest BCUT2D eigenvalue weighted by Crippen LogP contribution is 2.35. The zero-order valence-corrected chi connectivity index (χ0v) is 19.4. The Kier molecular flexibility index (Phi) is 7.26. The van der Waals surface area contributed by atoms with Gasteiger partial charge in [-0.3, -0.25) is 14.5 Å². The zero-order valence-electron chi connectivity index (χ0n) is 18.6. The summed E-state index contributed by atoms with van der Waals surface area (Å²) in [5.74, 6) is -0.416. The zero-order chi connectivity index (χ0) is 23.2. The van der Waals surface area contributed by atoms with Crippen molar-refractivity contribution in [1.29, 1.82) is 0 Å². The molecule has 1 fully saturated rings. The van der Waals surface area contributed by atoms with E-state index in [1.807, 2.05) is 71.4 Å². The second-order valence-corrected chi connectivity index (χ2v) is 8.33. The lowest BCUT2D eigenvalue weighted by molar-refractivity contribution is -0.143. The van der Waals surface area contributed by atoms with E-state index in [1.54, 1.807) is 18.9 Å². The van der Waals surface area contributed by atoms with E-state index >= 15 is 0 Å². The van der Waals surface area contributed by atoms with Crippen molar-refractivity contribution in [3.8, 4) is 0 Å². The maximum Gasteiger partial charge on any atom is 0.325 e. The molecule has 8 heteroatoms. The summed E-state index contributed by atoms with van der Waals surface area (Å²) in [6.45, 7) is 3.05. The molecule has 170 valence electrons. The van der Waals surface area contributed by atoms with Gasteiger partial charge in [0.1, 0.15) is 6.54 Å². The van der Waals surface area contributed by atoms with Gasteiger partial charge in [0, 0.05) is 29.8 Å². The van der Waals surface area contributed by atoms with E-state index in [-0.39, 0.29) is 18.4 Å². The number of benzene rings is 2. The van der Waals surface area contributed by atoms with Crippen molar-refractivity contribution in [1.82, 2.24) is 9.47 Å². The van der Waals surface area contributed by atoms with E-state index in [0.29, 0.717) is 29.8 Å². The maximum absolute atomic E-state index is 13.2. The number of aliphatic imine (C=N–C) groups is 1. The number of amides is 1. The van der Waals surface area contributed by atoms with Crippen LogP contribution in [-0.4, -0.2) is 53.4 Å². The van der Waals surface area contributed by atoms with Crippen molar-refractivity contribution in [3.63, 3.8) is 0 Å². The molecule has 0 atom stereocenters. The van der Waals surface area contributed by atoms with E-state index in [9.17, 15) is 9.59 Å². The lowest BCUT2D eigenvalue weighted by atomic mass is 10.1. The van der Waals surface area contributed by atoms with Gasteiger partial charge in [0.2, 0.25) is 0 Å². The summed E-state index contributed by atoms with van der Waals surface area (Å²) < 4.78 is 12.2. The molecule has 7 nitrogen and oxygen atoms in total. The summed E-state index contributed by atoms with van der Waals surface area (Å²) in [6.07, 6.45) is 3.75. The molecule has 0 radical (unpaired) electrons. The van der Waals surface area contributed by atoms with Crippen LogP contribution in [-0.2, 0) is 25.6 Å². The molecule has 3 aromatic rings. The Morgan fingerprint density at radius 2 is 1.88 bits per heavy atom. The van der Waals surface area contributed by atoms with Crippen LogP contribution in [0.2, 0.25) is 0 Å². The number of carbonyl (C=O) groups excluding carboxylic acids is 2. The fourth-order valence-corrected chi connectivity index (χ4v) is 4.61. The summed E-state index contributed by atoms with van der Waals surface area (Å²) in [7, 11) is 1.61. The van der Waals surface area contributed by atoms with Crippen LogP contribution in [0.15, 0.2) is 70.7 Å². The topological polar surface area (TPSA) is 73.1 Å². The molecule has 2 aromatic carbocycles. The third-order valence-electron chi connectivity index (χ3n) is 5.10. The average Bonchev–Trinajstić information content (AvgIpc) is 3.30. The number of rotatable bonds is 8. The van der Waals surface area contributed by atoms with Crippen molar-refractivity contribution >= 4 is 51.5 Å². The quantitative estimate of drug-likeness (QED) is 0.364. The molecule has 1 aromatic heterocycles. The smallest absolute Gasteiger partial charge is 0.325 e. The number of methoxy groups -OCH3 is 1. The molecule has 0 unspecified atom stereocenters. The number of esters is 1. The van der Waals surface area contributed by atoms with Gasteiger partial charge in [-0.15, -0.1) is 0 Å². The molecular weight excluding hydrogens is 438 g/mol. The van der Waals surface area contributed by atoms with Crippen LogP contribution >= 0.6 is 11.8 Å². The van der Waals surface area contributed by atoms with Gasteiger partial charge in [-0.1, -0.05) is 36.4 Å². The number of fused-ring (bicyclic) bond motifs is 1. The second kappa shape index (κ2) is 10.5. The van der Waals surface area contributed by atoms with Crippen LogP contribution in [0.3, 0.4) is 0 Å². The van der Waals surface area contributed by atoms with Gasteiger partial charge in [-0.05, 0) is 43.0 Å². The number of para-hydroxylation sites is 2. The van der Waals surface area contributed by atoms with E-state index in [0.717, 1.165) is 22.2 Å². The Hall–Kier alpha value is -3.36. The van der Waals surface area contributed by atoms with Crippen LogP contribution in [0.4, 0.5) is 5.69 Å². The van der Waals surface area contributed by atoms with Crippen LogP contribution in [0.5, 0.6) is 0 Å². The molecule has 0 bridgehead atoms. The molecule has 2 heterocycles. The lowest BCUT2D eigenvalue weighted by Crippen LogP contribution is -2.32. The Labute approximate surface area is 196 Å². The van der Waals surface area contributed by atoms with Crippen molar-refractivity contribution in [2.24, 2.45) is 4.99 Å². The number of hydrogen-bond acceptors (Lipinski definition) is 6. The molecule has 0 aliphatic carbocycles. The summed E-state index contributed by atoms with van der Waals surface area (Å²) in [5, 5.41) is 1.57. The predicted octanol–water partition coefficient (Wildman–Crippen LogP) is 4.45.